The number of carbonyl (C=O) groups is 2. The smallest absolute Gasteiger partial charge is 0.354 e. The molecular formula is C11H13N3O3. The molecule has 1 aliphatic rings. The van der Waals surface area contributed by atoms with Crippen molar-refractivity contribution in [2.75, 3.05) is 5.32 Å². The molecule has 0 saturated heterocycles. The summed E-state index contributed by atoms with van der Waals surface area (Å²) >= 11 is 0. The van der Waals surface area contributed by atoms with E-state index in [1.807, 2.05) is 0 Å². The summed E-state index contributed by atoms with van der Waals surface area (Å²) in [5, 5.41) is 14.1. The van der Waals surface area contributed by atoms with Crippen LogP contribution in [0, 0.1) is 0 Å². The predicted molar refractivity (Wildman–Crippen MR) is 61.0 cm³/mol. The van der Waals surface area contributed by atoms with E-state index in [4.69, 9.17) is 5.11 Å². The van der Waals surface area contributed by atoms with Crippen molar-refractivity contribution in [1.82, 2.24) is 10.3 Å². The predicted octanol–water partition coefficient (Wildman–Crippen LogP) is 1.45. The zero-order chi connectivity index (χ0) is 12.3. The van der Waals surface area contributed by atoms with Crippen molar-refractivity contribution in [3.8, 4) is 0 Å². The van der Waals surface area contributed by atoms with Crippen molar-refractivity contribution in [2.45, 2.75) is 25.3 Å². The number of aromatic carboxylic acids is 1. The Morgan fingerprint density at radius 3 is 2.59 bits per heavy atom. The lowest BCUT2D eigenvalue weighted by atomic mass is 9.93. The van der Waals surface area contributed by atoms with Crippen LogP contribution in [-0.2, 0) is 0 Å². The minimum Gasteiger partial charge on any atom is -0.477 e. The largest absolute Gasteiger partial charge is 0.477 e. The van der Waals surface area contributed by atoms with Crippen LogP contribution < -0.4 is 10.6 Å². The summed E-state index contributed by atoms with van der Waals surface area (Å²) in [5.74, 6) is -1.09. The maximum Gasteiger partial charge on any atom is 0.354 e. The molecule has 6 nitrogen and oxygen atoms in total. The average molecular weight is 235 g/mol. The molecule has 1 heterocycles. The summed E-state index contributed by atoms with van der Waals surface area (Å²) in [6, 6.07) is 2.85. The molecule has 1 fully saturated rings. The third kappa shape index (κ3) is 2.93. The van der Waals surface area contributed by atoms with Gasteiger partial charge in [0.15, 0.2) is 0 Å². The molecule has 1 aliphatic carbocycles. The van der Waals surface area contributed by atoms with E-state index in [0.29, 0.717) is 5.69 Å². The molecule has 2 rings (SSSR count). The molecule has 6 heteroatoms. The number of rotatable bonds is 3. The monoisotopic (exact) mass is 235 g/mol. The normalized spacial score (nSPS) is 14.8. The Balaban J connectivity index is 1.89. The highest BCUT2D eigenvalue weighted by molar-refractivity contribution is 5.90. The minimum atomic E-state index is -1.09. The highest BCUT2D eigenvalue weighted by Crippen LogP contribution is 2.18. The first kappa shape index (κ1) is 11.4. The zero-order valence-electron chi connectivity index (χ0n) is 9.14. The maximum absolute atomic E-state index is 11.5. The molecule has 1 aromatic heterocycles. The Bertz CT molecular complexity index is 426. The molecule has 2 amide bonds. The van der Waals surface area contributed by atoms with E-state index in [2.05, 4.69) is 15.6 Å². The molecule has 0 unspecified atom stereocenters. The molecule has 1 aromatic rings. The third-order valence-corrected chi connectivity index (χ3v) is 2.68. The van der Waals surface area contributed by atoms with E-state index >= 15 is 0 Å². The highest BCUT2D eigenvalue weighted by Gasteiger charge is 2.19. The molecule has 0 aromatic carbocycles. The number of aromatic nitrogens is 1. The van der Waals surface area contributed by atoms with Gasteiger partial charge in [-0.15, -0.1) is 0 Å². The molecule has 17 heavy (non-hydrogen) atoms. The van der Waals surface area contributed by atoms with Gasteiger partial charge < -0.3 is 15.7 Å². The topological polar surface area (TPSA) is 91.3 Å². The Morgan fingerprint density at radius 2 is 2.12 bits per heavy atom. The lowest BCUT2D eigenvalue weighted by Crippen LogP contribution is -2.41. The van der Waals surface area contributed by atoms with Gasteiger partial charge in [0.25, 0.3) is 0 Å². The number of nitrogens with one attached hydrogen (secondary N) is 2. The fourth-order valence-corrected chi connectivity index (χ4v) is 1.50. The van der Waals surface area contributed by atoms with Crippen LogP contribution >= 0.6 is 0 Å². The van der Waals surface area contributed by atoms with E-state index in [-0.39, 0.29) is 17.8 Å². The fraction of sp³-hybridized carbons (Fsp3) is 0.364. The molecular weight excluding hydrogens is 222 g/mol. The van der Waals surface area contributed by atoms with Gasteiger partial charge >= 0.3 is 12.0 Å². The number of carboxylic acids is 1. The number of urea groups is 1. The second-order valence-corrected chi connectivity index (χ2v) is 3.96. The number of hydrogen-bond donors (Lipinski definition) is 3. The Kier molecular flexibility index (Phi) is 3.22. The van der Waals surface area contributed by atoms with Gasteiger partial charge in [-0.05, 0) is 31.4 Å². The van der Waals surface area contributed by atoms with Gasteiger partial charge in [-0.1, -0.05) is 0 Å². The van der Waals surface area contributed by atoms with Crippen molar-refractivity contribution in [3.63, 3.8) is 0 Å². The van der Waals surface area contributed by atoms with E-state index in [1.54, 1.807) is 0 Å². The summed E-state index contributed by atoms with van der Waals surface area (Å²) in [5.41, 5.74) is 0.432. The van der Waals surface area contributed by atoms with Crippen LogP contribution in [0.5, 0.6) is 0 Å². The maximum atomic E-state index is 11.5. The summed E-state index contributed by atoms with van der Waals surface area (Å²) < 4.78 is 0. The van der Waals surface area contributed by atoms with Gasteiger partial charge in [0.1, 0.15) is 5.69 Å². The molecule has 3 N–H and O–H groups in total. The van der Waals surface area contributed by atoms with Gasteiger partial charge in [-0.2, -0.15) is 0 Å². The van der Waals surface area contributed by atoms with Gasteiger partial charge in [-0.3, -0.25) is 0 Å². The van der Waals surface area contributed by atoms with Crippen LogP contribution in [0.15, 0.2) is 18.3 Å². The van der Waals surface area contributed by atoms with E-state index in [1.165, 1.54) is 18.3 Å². The van der Waals surface area contributed by atoms with Gasteiger partial charge in [0.05, 0.1) is 11.9 Å². The Hall–Kier alpha value is -2.11. The molecule has 0 bridgehead atoms. The van der Waals surface area contributed by atoms with Crippen LogP contribution in [0.3, 0.4) is 0 Å². The van der Waals surface area contributed by atoms with Crippen molar-refractivity contribution >= 4 is 17.7 Å². The molecule has 1 saturated carbocycles. The van der Waals surface area contributed by atoms with Crippen molar-refractivity contribution < 1.29 is 14.7 Å². The van der Waals surface area contributed by atoms with E-state index < -0.39 is 5.97 Å². The molecule has 0 spiro atoms. The van der Waals surface area contributed by atoms with Gasteiger partial charge in [0.2, 0.25) is 0 Å². The number of pyridine rings is 1. The summed E-state index contributed by atoms with van der Waals surface area (Å²) in [6.45, 7) is 0. The van der Waals surface area contributed by atoms with Crippen molar-refractivity contribution in [1.29, 1.82) is 0 Å². The lowest BCUT2D eigenvalue weighted by molar-refractivity contribution is 0.0690. The van der Waals surface area contributed by atoms with Crippen LogP contribution in [0.4, 0.5) is 10.5 Å². The Labute approximate surface area is 98.1 Å². The zero-order valence-corrected chi connectivity index (χ0v) is 9.14. The van der Waals surface area contributed by atoms with Crippen molar-refractivity contribution in [2.24, 2.45) is 0 Å². The van der Waals surface area contributed by atoms with E-state index in [0.717, 1.165) is 19.3 Å². The van der Waals surface area contributed by atoms with Crippen LogP contribution in [0.2, 0.25) is 0 Å². The number of hydrogen-bond acceptors (Lipinski definition) is 3. The van der Waals surface area contributed by atoms with Gasteiger partial charge in [-0.25, -0.2) is 14.6 Å². The second kappa shape index (κ2) is 4.82. The van der Waals surface area contributed by atoms with Crippen LogP contribution in [-0.4, -0.2) is 28.1 Å². The van der Waals surface area contributed by atoms with Crippen LogP contribution in [0.1, 0.15) is 29.8 Å². The van der Waals surface area contributed by atoms with Crippen molar-refractivity contribution in [3.05, 3.63) is 24.0 Å². The Morgan fingerprint density at radius 1 is 1.35 bits per heavy atom. The lowest BCUT2D eigenvalue weighted by Gasteiger charge is -2.26. The summed E-state index contributed by atoms with van der Waals surface area (Å²) in [4.78, 5) is 25.7. The minimum absolute atomic E-state index is 0.0463. The third-order valence-electron chi connectivity index (χ3n) is 2.68. The second-order valence-electron chi connectivity index (χ2n) is 3.96. The SMILES string of the molecule is O=C(Nc1ccc(C(=O)O)nc1)NC1CCC1. The molecule has 0 radical (unpaired) electrons. The number of carbonyl (C=O) groups excluding carboxylic acids is 1. The number of nitrogens with zero attached hydrogens (tertiary/aromatic N) is 1. The quantitative estimate of drug-likeness (QED) is 0.739. The molecule has 0 aliphatic heterocycles. The number of anilines is 1. The number of amides is 2. The molecule has 0 atom stereocenters. The number of carboxylic acid groups (broad SMARTS) is 1. The summed E-state index contributed by atoms with van der Waals surface area (Å²) in [7, 11) is 0. The first-order chi connectivity index (χ1) is 8.15. The van der Waals surface area contributed by atoms with Crippen LogP contribution in [0.25, 0.3) is 0 Å². The average Bonchev–Trinajstić information content (AvgIpc) is 2.24. The summed E-state index contributed by atoms with van der Waals surface area (Å²) in [6.07, 6.45) is 4.51. The fourth-order valence-electron chi connectivity index (χ4n) is 1.50. The first-order valence-corrected chi connectivity index (χ1v) is 5.42. The first-order valence-electron chi connectivity index (χ1n) is 5.42. The van der Waals surface area contributed by atoms with Gasteiger partial charge in [0, 0.05) is 6.04 Å². The van der Waals surface area contributed by atoms with E-state index in [9.17, 15) is 9.59 Å². The standard InChI is InChI=1S/C11H13N3O3/c15-10(16)9-5-4-8(6-12-9)14-11(17)13-7-2-1-3-7/h4-7H,1-3H2,(H,15,16)(H2,13,14,17). The molecule has 90 valence electrons. The highest BCUT2D eigenvalue weighted by atomic mass is 16.4.